The standard InChI is InChI=1S/C14H19F3N2S/c1-18-9-12-3-2-8-19(12)10-11-4-6-13(7-5-11)20-14(15,16)17/h4-7,12,18H,2-3,8-10H2,1H3. The van der Waals surface area contributed by atoms with Crippen LogP contribution < -0.4 is 5.32 Å². The Balaban J connectivity index is 1.93. The summed E-state index contributed by atoms with van der Waals surface area (Å²) in [6, 6.07) is 7.23. The lowest BCUT2D eigenvalue weighted by atomic mass is 10.2. The number of likely N-dealkylation sites (N-methyl/N-ethyl adjacent to an activating group) is 1. The first-order chi connectivity index (χ1) is 9.48. The molecule has 112 valence electrons. The molecule has 0 spiro atoms. The summed E-state index contributed by atoms with van der Waals surface area (Å²) >= 11 is -0.0627. The summed E-state index contributed by atoms with van der Waals surface area (Å²) < 4.78 is 36.8. The van der Waals surface area contributed by atoms with Crippen LogP contribution in [0.15, 0.2) is 29.2 Å². The number of nitrogens with one attached hydrogen (secondary N) is 1. The van der Waals surface area contributed by atoms with E-state index in [1.54, 1.807) is 24.3 Å². The molecule has 1 saturated heterocycles. The molecule has 1 N–H and O–H groups in total. The van der Waals surface area contributed by atoms with Crippen molar-refractivity contribution in [3.05, 3.63) is 29.8 Å². The van der Waals surface area contributed by atoms with Gasteiger partial charge >= 0.3 is 5.51 Å². The number of nitrogens with zero attached hydrogens (tertiary/aromatic N) is 1. The Bertz CT molecular complexity index is 419. The van der Waals surface area contributed by atoms with Crippen molar-refractivity contribution in [3.8, 4) is 0 Å². The van der Waals surface area contributed by atoms with Crippen molar-refractivity contribution in [3.63, 3.8) is 0 Å². The van der Waals surface area contributed by atoms with Crippen LogP contribution in [0, 0.1) is 0 Å². The average molecular weight is 304 g/mol. The summed E-state index contributed by atoms with van der Waals surface area (Å²) in [6.07, 6.45) is 2.37. The van der Waals surface area contributed by atoms with Crippen molar-refractivity contribution in [2.24, 2.45) is 0 Å². The molecule has 1 heterocycles. The second-order valence-electron chi connectivity index (χ2n) is 5.02. The minimum absolute atomic E-state index is 0.0627. The number of hydrogen-bond donors (Lipinski definition) is 1. The minimum atomic E-state index is -4.21. The van der Waals surface area contributed by atoms with Crippen molar-refractivity contribution in [2.75, 3.05) is 20.1 Å². The van der Waals surface area contributed by atoms with E-state index in [1.165, 1.54) is 12.8 Å². The summed E-state index contributed by atoms with van der Waals surface area (Å²) in [5.74, 6) is 0. The molecule has 2 rings (SSSR count). The Morgan fingerprint density at radius 2 is 2.00 bits per heavy atom. The third-order valence-corrected chi connectivity index (χ3v) is 4.22. The molecule has 0 radical (unpaired) electrons. The molecular formula is C14H19F3N2S. The molecule has 1 aromatic rings. The molecular weight excluding hydrogens is 285 g/mol. The predicted octanol–water partition coefficient (Wildman–Crippen LogP) is 3.48. The van der Waals surface area contributed by atoms with Crippen LogP contribution in [-0.2, 0) is 6.54 Å². The predicted molar refractivity (Wildman–Crippen MR) is 75.7 cm³/mol. The maximum Gasteiger partial charge on any atom is 0.446 e. The van der Waals surface area contributed by atoms with Crippen molar-refractivity contribution in [2.45, 2.75) is 35.8 Å². The fourth-order valence-electron chi connectivity index (χ4n) is 2.60. The first-order valence-corrected chi connectivity index (χ1v) is 7.53. The van der Waals surface area contributed by atoms with Crippen LogP contribution in [0.3, 0.4) is 0 Å². The molecule has 1 aliphatic heterocycles. The summed E-state index contributed by atoms with van der Waals surface area (Å²) in [6.45, 7) is 2.83. The molecule has 0 saturated carbocycles. The number of alkyl halides is 3. The molecule has 0 bridgehead atoms. The molecule has 0 aromatic heterocycles. The smallest absolute Gasteiger partial charge is 0.318 e. The lowest BCUT2D eigenvalue weighted by Gasteiger charge is -2.24. The lowest BCUT2D eigenvalue weighted by Crippen LogP contribution is -2.36. The zero-order chi connectivity index (χ0) is 14.6. The van der Waals surface area contributed by atoms with Gasteiger partial charge in [0.2, 0.25) is 0 Å². The van der Waals surface area contributed by atoms with Crippen LogP contribution >= 0.6 is 11.8 Å². The Hall–Kier alpha value is -0.720. The topological polar surface area (TPSA) is 15.3 Å². The second-order valence-corrected chi connectivity index (χ2v) is 6.15. The first kappa shape index (κ1) is 15.7. The summed E-state index contributed by atoms with van der Waals surface area (Å²) in [4.78, 5) is 2.64. The van der Waals surface area contributed by atoms with E-state index >= 15 is 0 Å². The van der Waals surface area contributed by atoms with Gasteiger partial charge in [0.25, 0.3) is 0 Å². The summed E-state index contributed by atoms with van der Waals surface area (Å²) in [7, 11) is 1.94. The number of halogens is 3. The van der Waals surface area contributed by atoms with Crippen molar-refractivity contribution in [1.82, 2.24) is 10.2 Å². The van der Waals surface area contributed by atoms with Crippen LogP contribution in [0.25, 0.3) is 0 Å². The summed E-state index contributed by atoms with van der Waals surface area (Å²) in [5, 5.41) is 3.19. The second kappa shape index (κ2) is 6.83. The van der Waals surface area contributed by atoms with Crippen LogP contribution in [0.1, 0.15) is 18.4 Å². The summed E-state index contributed by atoms with van der Waals surface area (Å²) in [5.41, 5.74) is -3.14. The molecule has 0 amide bonds. The van der Waals surface area contributed by atoms with Crippen molar-refractivity contribution < 1.29 is 13.2 Å². The van der Waals surface area contributed by atoms with E-state index in [9.17, 15) is 13.2 Å². The van der Waals surface area contributed by atoms with Gasteiger partial charge in [-0.1, -0.05) is 12.1 Å². The molecule has 20 heavy (non-hydrogen) atoms. The maximum absolute atomic E-state index is 12.3. The minimum Gasteiger partial charge on any atom is -0.318 e. The van der Waals surface area contributed by atoms with Gasteiger partial charge in [-0.05, 0) is 55.9 Å². The number of likely N-dealkylation sites (tertiary alicyclic amines) is 1. The van der Waals surface area contributed by atoms with Crippen LogP contribution in [-0.4, -0.2) is 36.6 Å². The van der Waals surface area contributed by atoms with E-state index in [0.717, 1.165) is 25.2 Å². The van der Waals surface area contributed by atoms with Gasteiger partial charge in [-0.3, -0.25) is 4.90 Å². The fraction of sp³-hybridized carbons (Fsp3) is 0.571. The highest BCUT2D eigenvalue weighted by Crippen LogP contribution is 2.36. The third kappa shape index (κ3) is 4.68. The van der Waals surface area contributed by atoms with Crippen molar-refractivity contribution >= 4 is 11.8 Å². The Morgan fingerprint density at radius 1 is 1.30 bits per heavy atom. The number of rotatable bonds is 5. The number of hydrogen-bond acceptors (Lipinski definition) is 3. The first-order valence-electron chi connectivity index (χ1n) is 6.71. The van der Waals surface area contributed by atoms with Crippen LogP contribution in [0.4, 0.5) is 13.2 Å². The zero-order valence-corrected chi connectivity index (χ0v) is 12.2. The highest BCUT2D eigenvalue weighted by Gasteiger charge is 2.29. The molecule has 0 aliphatic carbocycles. The molecule has 2 nitrogen and oxygen atoms in total. The maximum atomic E-state index is 12.3. The van der Waals surface area contributed by atoms with Gasteiger partial charge in [0.05, 0.1) is 0 Å². The molecule has 1 atom stereocenters. The number of benzene rings is 1. The fourth-order valence-corrected chi connectivity index (χ4v) is 3.14. The van der Waals surface area contributed by atoms with E-state index in [0.29, 0.717) is 6.04 Å². The van der Waals surface area contributed by atoms with E-state index in [4.69, 9.17) is 0 Å². The quantitative estimate of drug-likeness (QED) is 0.838. The SMILES string of the molecule is CNCC1CCCN1Cc1ccc(SC(F)(F)F)cc1. The molecule has 1 fully saturated rings. The molecule has 6 heteroatoms. The van der Waals surface area contributed by atoms with Crippen LogP contribution in [0.2, 0.25) is 0 Å². The largest absolute Gasteiger partial charge is 0.446 e. The van der Waals surface area contributed by atoms with Gasteiger partial charge < -0.3 is 5.32 Å². The van der Waals surface area contributed by atoms with Gasteiger partial charge in [0.15, 0.2) is 0 Å². The Kier molecular flexibility index (Phi) is 5.35. The monoisotopic (exact) mass is 304 g/mol. The lowest BCUT2D eigenvalue weighted by molar-refractivity contribution is -0.0328. The highest BCUT2D eigenvalue weighted by molar-refractivity contribution is 8.00. The Labute approximate surface area is 121 Å². The highest BCUT2D eigenvalue weighted by atomic mass is 32.2. The van der Waals surface area contributed by atoms with Crippen molar-refractivity contribution in [1.29, 1.82) is 0 Å². The third-order valence-electron chi connectivity index (χ3n) is 3.48. The van der Waals surface area contributed by atoms with Crippen LogP contribution in [0.5, 0.6) is 0 Å². The van der Waals surface area contributed by atoms with E-state index in [-0.39, 0.29) is 16.7 Å². The zero-order valence-electron chi connectivity index (χ0n) is 11.4. The van der Waals surface area contributed by atoms with E-state index < -0.39 is 5.51 Å². The van der Waals surface area contributed by atoms with Gasteiger partial charge in [0, 0.05) is 24.0 Å². The molecule has 1 aromatic carbocycles. The Morgan fingerprint density at radius 3 is 2.60 bits per heavy atom. The number of thioether (sulfide) groups is 1. The van der Waals surface area contributed by atoms with Gasteiger partial charge in [-0.25, -0.2) is 0 Å². The molecule has 1 aliphatic rings. The molecule has 1 unspecified atom stereocenters. The normalized spacial score (nSPS) is 20.5. The van der Waals surface area contributed by atoms with Gasteiger partial charge in [0.1, 0.15) is 0 Å². The average Bonchev–Trinajstić information content (AvgIpc) is 2.78. The van der Waals surface area contributed by atoms with Gasteiger partial charge in [-0.2, -0.15) is 13.2 Å². The van der Waals surface area contributed by atoms with Gasteiger partial charge in [-0.15, -0.1) is 0 Å². The van der Waals surface area contributed by atoms with E-state index in [2.05, 4.69) is 10.2 Å². The van der Waals surface area contributed by atoms with E-state index in [1.807, 2.05) is 7.05 Å².